The third-order valence-electron chi connectivity index (χ3n) is 5.38. The molecule has 1 aliphatic rings. The molecular weight excluding hydrogens is 507 g/mol. The molecule has 7 nitrogen and oxygen atoms in total. The monoisotopic (exact) mass is 542 g/mol. The SMILES string of the molecule is CN=C(NCCOCc1ccccc1OC)NCC(c1ccco1)N1CCCCC1.I. The fourth-order valence-electron chi connectivity index (χ4n) is 3.78. The fraction of sp³-hybridized carbons (Fsp3) is 0.522. The van der Waals surface area contributed by atoms with Gasteiger partial charge in [-0.2, -0.15) is 0 Å². The molecule has 8 heteroatoms. The molecule has 0 amide bonds. The van der Waals surface area contributed by atoms with Gasteiger partial charge in [0.05, 0.1) is 32.6 Å². The molecule has 0 spiro atoms. The van der Waals surface area contributed by atoms with Crippen LogP contribution in [0.1, 0.15) is 36.6 Å². The first-order valence-electron chi connectivity index (χ1n) is 10.7. The number of piperidine rings is 1. The molecule has 2 N–H and O–H groups in total. The molecule has 1 unspecified atom stereocenters. The maximum Gasteiger partial charge on any atom is 0.191 e. The van der Waals surface area contributed by atoms with Crippen LogP contribution in [0.15, 0.2) is 52.1 Å². The number of para-hydroxylation sites is 1. The summed E-state index contributed by atoms with van der Waals surface area (Å²) in [5.74, 6) is 2.62. The van der Waals surface area contributed by atoms with Crippen molar-refractivity contribution < 1.29 is 13.9 Å². The predicted molar refractivity (Wildman–Crippen MR) is 134 cm³/mol. The van der Waals surface area contributed by atoms with Crippen LogP contribution < -0.4 is 15.4 Å². The predicted octanol–water partition coefficient (Wildman–Crippen LogP) is 3.82. The number of ether oxygens (including phenoxy) is 2. The van der Waals surface area contributed by atoms with Gasteiger partial charge in [-0.1, -0.05) is 24.6 Å². The molecule has 0 bridgehead atoms. The zero-order valence-corrected chi connectivity index (χ0v) is 20.8. The second-order valence-corrected chi connectivity index (χ2v) is 7.37. The van der Waals surface area contributed by atoms with Crippen LogP contribution >= 0.6 is 24.0 Å². The number of aliphatic imine (C=N–C) groups is 1. The van der Waals surface area contributed by atoms with Crippen molar-refractivity contribution in [2.24, 2.45) is 4.99 Å². The average molecular weight is 542 g/mol. The lowest BCUT2D eigenvalue weighted by atomic mass is 10.1. The van der Waals surface area contributed by atoms with E-state index in [1.54, 1.807) is 20.4 Å². The van der Waals surface area contributed by atoms with Crippen LogP contribution in [0.3, 0.4) is 0 Å². The highest BCUT2D eigenvalue weighted by Crippen LogP contribution is 2.24. The molecule has 2 aromatic rings. The standard InChI is InChI=1S/C23H34N4O3.HI/c1-24-23(25-12-16-29-18-19-9-4-5-10-21(19)28-2)26-17-20(22-11-8-15-30-22)27-13-6-3-7-14-27;/h4-5,8-11,15,20H,3,6-7,12-14,16-18H2,1-2H3,(H2,24,25,26);1H. The van der Waals surface area contributed by atoms with Crippen molar-refractivity contribution in [1.29, 1.82) is 0 Å². The van der Waals surface area contributed by atoms with Crippen LogP contribution in [0.5, 0.6) is 5.75 Å². The van der Waals surface area contributed by atoms with Crippen LogP contribution in [0.4, 0.5) is 0 Å². The minimum absolute atomic E-state index is 0. The first kappa shape index (κ1) is 25.5. The molecular formula is C23H35IN4O3. The molecule has 0 aliphatic carbocycles. The summed E-state index contributed by atoms with van der Waals surface area (Å²) in [6.07, 6.45) is 5.55. The Hall–Kier alpha value is -1.78. The minimum Gasteiger partial charge on any atom is -0.496 e. The Balaban J connectivity index is 0.00000341. The number of guanidine groups is 1. The second kappa shape index (κ2) is 14.3. The summed E-state index contributed by atoms with van der Waals surface area (Å²) < 4.78 is 16.9. The summed E-state index contributed by atoms with van der Waals surface area (Å²) in [5, 5.41) is 6.76. The molecule has 2 heterocycles. The molecule has 1 aromatic carbocycles. The van der Waals surface area contributed by atoms with E-state index in [1.165, 1.54) is 19.3 Å². The van der Waals surface area contributed by atoms with Crippen LogP contribution in [0, 0.1) is 0 Å². The first-order valence-corrected chi connectivity index (χ1v) is 10.7. The molecule has 0 saturated carbocycles. The number of likely N-dealkylation sites (tertiary alicyclic amines) is 1. The van der Waals surface area contributed by atoms with Crippen molar-refractivity contribution >= 4 is 29.9 Å². The zero-order valence-electron chi connectivity index (χ0n) is 18.5. The zero-order chi connectivity index (χ0) is 21.0. The number of halogens is 1. The Labute approximate surface area is 202 Å². The molecule has 0 radical (unpaired) electrons. The van der Waals surface area contributed by atoms with Crippen LogP contribution in [0.2, 0.25) is 0 Å². The summed E-state index contributed by atoms with van der Waals surface area (Å²) in [7, 11) is 3.46. The van der Waals surface area contributed by atoms with Crippen LogP contribution in [-0.4, -0.2) is 57.8 Å². The molecule has 1 aliphatic heterocycles. The van der Waals surface area contributed by atoms with E-state index in [9.17, 15) is 0 Å². The maximum absolute atomic E-state index is 5.79. The molecule has 172 valence electrons. The number of furan rings is 1. The molecule has 1 saturated heterocycles. The third-order valence-corrected chi connectivity index (χ3v) is 5.38. The number of hydrogen-bond donors (Lipinski definition) is 2. The Morgan fingerprint density at radius 2 is 1.94 bits per heavy atom. The van der Waals surface area contributed by atoms with E-state index in [-0.39, 0.29) is 30.0 Å². The van der Waals surface area contributed by atoms with Crippen molar-refractivity contribution in [1.82, 2.24) is 15.5 Å². The first-order chi connectivity index (χ1) is 14.8. The summed E-state index contributed by atoms with van der Waals surface area (Å²) in [4.78, 5) is 6.84. The van der Waals surface area contributed by atoms with Gasteiger partial charge in [0.25, 0.3) is 0 Å². The van der Waals surface area contributed by atoms with Gasteiger partial charge in [-0.3, -0.25) is 9.89 Å². The number of nitrogens with zero attached hydrogens (tertiary/aromatic N) is 2. The minimum atomic E-state index is 0. The van der Waals surface area contributed by atoms with E-state index in [2.05, 4.69) is 26.6 Å². The Bertz CT molecular complexity index is 764. The van der Waals surface area contributed by atoms with Crippen molar-refractivity contribution in [2.75, 3.05) is 46.9 Å². The van der Waals surface area contributed by atoms with E-state index in [0.29, 0.717) is 19.8 Å². The number of nitrogens with one attached hydrogen (secondary N) is 2. The van der Waals surface area contributed by atoms with Gasteiger partial charge in [0, 0.05) is 25.7 Å². The molecule has 1 fully saturated rings. The van der Waals surface area contributed by atoms with Crippen molar-refractivity contribution in [3.8, 4) is 5.75 Å². The smallest absolute Gasteiger partial charge is 0.191 e. The number of methoxy groups -OCH3 is 1. The van der Waals surface area contributed by atoms with Crippen LogP contribution in [0.25, 0.3) is 0 Å². The highest BCUT2D eigenvalue weighted by molar-refractivity contribution is 14.0. The highest BCUT2D eigenvalue weighted by Gasteiger charge is 2.24. The Morgan fingerprint density at radius 3 is 2.65 bits per heavy atom. The van der Waals surface area contributed by atoms with Gasteiger partial charge in [0.1, 0.15) is 11.5 Å². The van der Waals surface area contributed by atoms with E-state index in [0.717, 1.165) is 42.7 Å². The molecule has 3 rings (SSSR count). The van der Waals surface area contributed by atoms with Crippen LogP contribution in [-0.2, 0) is 11.3 Å². The van der Waals surface area contributed by atoms with E-state index in [4.69, 9.17) is 13.9 Å². The van der Waals surface area contributed by atoms with Gasteiger partial charge in [-0.15, -0.1) is 24.0 Å². The van der Waals surface area contributed by atoms with Crippen molar-refractivity contribution in [2.45, 2.75) is 31.9 Å². The fourth-order valence-corrected chi connectivity index (χ4v) is 3.78. The lowest BCUT2D eigenvalue weighted by molar-refractivity contribution is 0.123. The Kier molecular flexibility index (Phi) is 11.8. The lowest BCUT2D eigenvalue weighted by Gasteiger charge is -2.33. The lowest BCUT2D eigenvalue weighted by Crippen LogP contribution is -2.45. The Morgan fingerprint density at radius 1 is 1.13 bits per heavy atom. The third kappa shape index (κ3) is 8.01. The number of hydrogen-bond acceptors (Lipinski definition) is 5. The highest BCUT2D eigenvalue weighted by atomic mass is 127. The van der Waals surface area contributed by atoms with E-state index in [1.807, 2.05) is 30.3 Å². The molecule has 1 aromatic heterocycles. The quantitative estimate of drug-likeness (QED) is 0.206. The summed E-state index contributed by atoms with van der Waals surface area (Å²) in [5.41, 5.74) is 1.05. The summed E-state index contributed by atoms with van der Waals surface area (Å²) in [6, 6.07) is 12.1. The van der Waals surface area contributed by atoms with Crippen molar-refractivity contribution in [3.63, 3.8) is 0 Å². The van der Waals surface area contributed by atoms with E-state index >= 15 is 0 Å². The van der Waals surface area contributed by atoms with Gasteiger partial charge >= 0.3 is 0 Å². The maximum atomic E-state index is 5.79. The van der Waals surface area contributed by atoms with Gasteiger partial charge in [0.2, 0.25) is 0 Å². The summed E-state index contributed by atoms with van der Waals surface area (Å²) in [6.45, 7) is 4.73. The normalized spacial score (nSPS) is 15.7. The van der Waals surface area contributed by atoms with Crippen molar-refractivity contribution in [3.05, 3.63) is 54.0 Å². The van der Waals surface area contributed by atoms with Gasteiger partial charge < -0.3 is 24.5 Å². The second-order valence-electron chi connectivity index (χ2n) is 7.37. The average Bonchev–Trinajstić information content (AvgIpc) is 3.33. The number of benzene rings is 1. The molecule has 1 atom stereocenters. The van der Waals surface area contributed by atoms with Gasteiger partial charge in [-0.25, -0.2) is 0 Å². The number of rotatable bonds is 10. The van der Waals surface area contributed by atoms with Gasteiger partial charge in [0.15, 0.2) is 5.96 Å². The van der Waals surface area contributed by atoms with E-state index < -0.39 is 0 Å². The largest absolute Gasteiger partial charge is 0.496 e. The molecule has 31 heavy (non-hydrogen) atoms. The van der Waals surface area contributed by atoms with Gasteiger partial charge in [-0.05, 0) is 44.1 Å². The summed E-state index contributed by atoms with van der Waals surface area (Å²) >= 11 is 0. The topological polar surface area (TPSA) is 71.3 Å².